The van der Waals surface area contributed by atoms with Crippen LogP contribution < -0.4 is 5.32 Å². The first-order valence-corrected chi connectivity index (χ1v) is 5.61. The summed E-state index contributed by atoms with van der Waals surface area (Å²) < 4.78 is 0. The van der Waals surface area contributed by atoms with E-state index in [0.717, 1.165) is 23.4 Å². The van der Waals surface area contributed by atoms with Crippen LogP contribution in [0.5, 0.6) is 0 Å². The van der Waals surface area contributed by atoms with Crippen LogP contribution in [0, 0.1) is 6.92 Å². The fourth-order valence-corrected chi connectivity index (χ4v) is 1.72. The number of carbonyl (C=O) groups is 1. The first kappa shape index (κ1) is 11.4. The van der Waals surface area contributed by atoms with Gasteiger partial charge in [0.25, 0.3) is 5.91 Å². The van der Waals surface area contributed by atoms with Crippen LogP contribution in [-0.4, -0.2) is 15.9 Å². The smallest absolute Gasteiger partial charge is 0.276 e. The number of aryl methyl sites for hydroxylation is 2. The molecule has 4 heteroatoms. The minimum Gasteiger partial charge on any atom is -0.348 e. The number of hydrogen-bond acceptors (Lipinski definition) is 2. The van der Waals surface area contributed by atoms with Gasteiger partial charge in [-0.25, -0.2) is 4.98 Å². The molecule has 2 N–H and O–H groups in total. The summed E-state index contributed by atoms with van der Waals surface area (Å²) in [7, 11) is 0. The van der Waals surface area contributed by atoms with E-state index in [-0.39, 0.29) is 5.91 Å². The fourth-order valence-electron chi connectivity index (χ4n) is 1.72. The van der Waals surface area contributed by atoms with Crippen LogP contribution in [0.15, 0.2) is 30.6 Å². The van der Waals surface area contributed by atoms with Gasteiger partial charge in [0.15, 0.2) is 0 Å². The summed E-state index contributed by atoms with van der Waals surface area (Å²) >= 11 is 0. The highest BCUT2D eigenvalue weighted by Crippen LogP contribution is 2.16. The Morgan fingerprint density at radius 2 is 2.18 bits per heavy atom. The second kappa shape index (κ2) is 4.82. The van der Waals surface area contributed by atoms with Gasteiger partial charge in [0.1, 0.15) is 5.69 Å². The lowest BCUT2D eigenvalue weighted by molar-refractivity contribution is 0.102. The number of aromatic amines is 1. The van der Waals surface area contributed by atoms with Crippen LogP contribution in [0.4, 0.5) is 5.69 Å². The second-order valence-electron chi connectivity index (χ2n) is 3.84. The molecule has 4 nitrogen and oxygen atoms in total. The minimum absolute atomic E-state index is 0.176. The van der Waals surface area contributed by atoms with Crippen molar-refractivity contribution < 1.29 is 4.79 Å². The normalized spacial score (nSPS) is 10.2. The van der Waals surface area contributed by atoms with Crippen molar-refractivity contribution in [2.75, 3.05) is 5.32 Å². The third-order valence-electron chi connectivity index (χ3n) is 2.69. The molecule has 0 unspecified atom stereocenters. The van der Waals surface area contributed by atoms with E-state index in [4.69, 9.17) is 0 Å². The van der Waals surface area contributed by atoms with Gasteiger partial charge in [-0.3, -0.25) is 4.79 Å². The molecule has 1 heterocycles. The number of para-hydroxylation sites is 1. The third-order valence-corrected chi connectivity index (χ3v) is 2.69. The molecule has 17 heavy (non-hydrogen) atoms. The Morgan fingerprint density at radius 3 is 2.82 bits per heavy atom. The zero-order chi connectivity index (χ0) is 12.3. The number of benzene rings is 1. The minimum atomic E-state index is -0.176. The van der Waals surface area contributed by atoms with E-state index in [2.05, 4.69) is 22.2 Å². The highest BCUT2D eigenvalue weighted by atomic mass is 16.1. The molecular weight excluding hydrogens is 214 g/mol. The zero-order valence-corrected chi connectivity index (χ0v) is 9.95. The Bertz CT molecular complexity index is 531. The van der Waals surface area contributed by atoms with Gasteiger partial charge in [0.05, 0.1) is 6.33 Å². The number of hydrogen-bond donors (Lipinski definition) is 2. The molecule has 0 atom stereocenters. The van der Waals surface area contributed by atoms with Gasteiger partial charge in [-0.1, -0.05) is 25.1 Å². The largest absolute Gasteiger partial charge is 0.348 e. The molecule has 0 saturated carbocycles. The van der Waals surface area contributed by atoms with E-state index in [1.807, 2.05) is 31.2 Å². The predicted octanol–water partition coefficient (Wildman–Crippen LogP) is 2.53. The number of nitrogens with one attached hydrogen (secondary N) is 2. The van der Waals surface area contributed by atoms with Crippen LogP contribution in [0.1, 0.15) is 28.7 Å². The summed E-state index contributed by atoms with van der Waals surface area (Å²) in [5, 5.41) is 2.88. The van der Waals surface area contributed by atoms with Gasteiger partial charge in [-0.15, -0.1) is 0 Å². The molecule has 0 bridgehead atoms. The summed E-state index contributed by atoms with van der Waals surface area (Å²) in [5.74, 6) is -0.176. The average molecular weight is 229 g/mol. The van der Waals surface area contributed by atoms with Gasteiger partial charge in [-0.2, -0.15) is 0 Å². The summed E-state index contributed by atoms with van der Waals surface area (Å²) in [6.45, 7) is 3.89. The zero-order valence-electron chi connectivity index (χ0n) is 9.95. The van der Waals surface area contributed by atoms with Crippen molar-refractivity contribution in [3.05, 3.63) is 47.5 Å². The molecule has 2 aromatic rings. The van der Waals surface area contributed by atoms with Crippen molar-refractivity contribution in [1.29, 1.82) is 0 Å². The molecule has 88 valence electrons. The molecule has 1 amide bonds. The Morgan fingerprint density at radius 1 is 1.41 bits per heavy atom. The molecule has 0 aliphatic rings. The molecule has 0 spiro atoms. The van der Waals surface area contributed by atoms with E-state index in [9.17, 15) is 4.79 Å². The number of rotatable bonds is 3. The van der Waals surface area contributed by atoms with Crippen LogP contribution >= 0.6 is 0 Å². The first-order valence-electron chi connectivity index (χ1n) is 5.61. The van der Waals surface area contributed by atoms with Crippen LogP contribution in [0.2, 0.25) is 0 Å². The Hall–Kier alpha value is -2.10. The summed E-state index contributed by atoms with van der Waals surface area (Å²) in [4.78, 5) is 18.9. The maximum Gasteiger partial charge on any atom is 0.276 e. The first-order chi connectivity index (χ1) is 8.22. The van der Waals surface area contributed by atoms with E-state index in [0.29, 0.717) is 5.69 Å². The van der Waals surface area contributed by atoms with Crippen molar-refractivity contribution in [2.24, 2.45) is 0 Å². The standard InChI is InChI=1S/C13H15N3O/c1-3-10-6-4-5-7-11(10)16-13(17)12-9(2)14-8-15-12/h4-8H,3H2,1-2H3,(H,14,15)(H,16,17). The highest BCUT2D eigenvalue weighted by molar-refractivity contribution is 6.03. The van der Waals surface area contributed by atoms with Crippen molar-refractivity contribution in [2.45, 2.75) is 20.3 Å². The molecule has 2 rings (SSSR count). The summed E-state index contributed by atoms with van der Waals surface area (Å²) in [6, 6.07) is 7.78. The monoisotopic (exact) mass is 229 g/mol. The van der Waals surface area contributed by atoms with Crippen LogP contribution in [-0.2, 0) is 6.42 Å². The topological polar surface area (TPSA) is 57.8 Å². The van der Waals surface area contributed by atoms with Crippen LogP contribution in [0.25, 0.3) is 0 Å². The number of carbonyl (C=O) groups excluding carboxylic acids is 1. The predicted molar refractivity (Wildman–Crippen MR) is 67.1 cm³/mol. The quantitative estimate of drug-likeness (QED) is 0.849. The van der Waals surface area contributed by atoms with E-state index < -0.39 is 0 Å². The Balaban J connectivity index is 2.22. The van der Waals surface area contributed by atoms with Crippen LogP contribution in [0.3, 0.4) is 0 Å². The number of amides is 1. The molecule has 0 aliphatic carbocycles. The SMILES string of the molecule is CCc1ccccc1NC(=O)c1nc[nH]c1C. The lowest BCUT2D eigenvalue weighted by Crippen LogP contribution is -2.14. The fraction of sp³-hybridized carbons (Fsp3) is 0.231. The molecule has 0 radical (unpaired) electrons. The van der Waals surface area contributed by atoms with E-state index >= 15 is 0 Å². The highest BCUT2D eigenvalue weighted by Gasteiger charge is 2.12. The molecule has 0 aliphatic heterocycles. The van der Waals surface area contributed by atoms with Gasteiger partial charge >= 0.3 is 0 Å². The third kappa shape index (κ3) is 2.36. The molecular formula is C13H15N3O. The number of aromatic nitrogens is 2. The maximum atomic E-state index is 12.0. The van der Waals surface area contributed by atoms with E-state index in [1.54, 1.807) is 0 Å². The number of H-pyrrole nitrogens is 1. The average Bonchev–Trinajstić information content (AvgIpc) is 2.76. The molecule has 1 aromatic carbocycles. The van der Waals surface area contributed by atoms with Gasteiger partial charge < -0.3 is 10.3 Å². The molecule has 0 fully saturated rings. The summed E-state index contributed by atoms with van der Waals surface area (Å²) in [5.41, 5.74) is 3.18. The van der Waals surface area contributed by atoms with Crippen molar-refractivity contribution in [3.8, 4) is 0 Å². The van der Waals surface area contributed by atoms with Gasteiger partial charge in [-0.05, 0) is 25.0 Å². The Kier molecular flexibility index (Phi) is 3.23. The van der Waals surface area contributed by atoms with E-state index in [1.165, 1.54) is 6.33 Å². The maximum absolute atomic E-state index is 12.0. The summed E-state index contributed by atoms with van der Waals surface area (Å²) in [6.07, 6.45) is 2.41. The van der Waals surface area contributed by atoms with Gasteiger partial charge in [0, 0.05) is 11.4 Å². The lowest BCUT2D eigenvalue weighted by atomic mass is 10.1. The molecule has 0 saturated heterocycles. The van der Waals surface area contributed by atoms with Crippen molar-refractivity contribution >= 4 is 11.6 Å². The second-order valence-corrected chi connectivity index (χ2v) is 3.84. The van der Waals surface area contributed by atoms with Crippen molar-refractivity contribution in [3.63, 3.8) is 0 Å². The molecule has 1 aromatic heterocycles. The number of imidazole rings is 1. The van der Waals surface area contributed by atoms with Gasteiger partial charge in [0.2, 0.25) is 0 Å². The number of anilines is 1. The lowest BCUT2D eigenvalue weighted by Gasteiger charge is -2.08. The Labute approximate surface area is 100 Å². The number of nitrogens with zero attached hydrogens (tertiary/aromatic N) is 1. The van der Waals surface area contributed by atoms with Crippen molar-refractivity contribution in [1.82, 2.24) is 9.97 Å².